The van der Waals surface area contributed by atoms with Crippen molar-refractivity contribution in [2.24, 2.45) is 0 Å². The zero-order chi connectivity index (χ0) is 10.7. The van der Waals surface area contributed by atoms with E-state index in [1.54, 1.807) is 0 Å². The van der Waals surface area contributed by atoms with E-state index in [1.165, 1.54) is 11.1 Å². The minimum atomic E-state index is 0.382. The van der Waals surface area contributed by atoms with Crippen LogP contribution in [-0.4, -0.2) is 7.69 Å². The predicted molar refractivity (Wildman–Crippen MR) is 62.8 cm³/mol. The van der Waals surface area contributed by atoms with E-state index >= 15 is 0 Å². The molecule has 0 spiro atoms. The molecule has 1 aliphatic heterocycles. The van der Waals surface area contributed by atoms with Gasteiger partial charge in [-0.3, -0.25) is 0 Å². The Labute approximate surface area is 91.9 Å². The molecule has 1 heterocycles. The first kappa shape index (κ1) is 10.4. The summed E-state index contributed by atoms with van der Waals surface area (Å²) < 4.78 is 11.1. The van der Waals surface area contributed by atoms with Crippen LogP contribution in [0.15, 0.2) is 12.1 Å². The fourth-order valence-corrected chi connectivity index (χ4v) is 2.04. The van der Waals surface area contributed by atoms with Gasteiger partial charge in [0.15, 0.2) is 0 Å². The van der Waals surface area contributed by atoms with Crippen molar-refractivity contribution in [3.63, 3.8) is 0 Å². The topological polar surface area (TPSA) is 18.5 Å². The summed E-state index contributed by atoms with van der Waals surface area (Å²) in [6.45, 7) is 4.37. The molecule has 15 heavy (non-hydrogen) atoms. The van der Waals surface area contributed by atoms with E-state index in [0.29, 0.717) is 7.69 Å². The Morgan fingerprint density at radius 3 is 1.80 bits per heavy atom. The maximum atomic E-state index is 5.55. The third-order valence-electron chi connectivity index (χ3n) is 2.72. The van der Waals surface area contributed by atoms with E-state index in [4.69, 9.17) is 9.31 Å². The molecule has 1 aromatic carbocycles. The summed E-state index contributed by atoms with van der Waals surface area (Å²) in [5.41, 5.74) is 2.56. The predicted octanol–water partition coefficient (Wildman–Crippen LogP) is 2.63. The van der Waals surface area contributed by atoms with Gasteiger partial charge in [-0.05, 0) is 24.0 Å². The van der Waals surface area contributed by atoms with Crippen LogP contribution in [0, 0.1) is 0 Å². The molecule has 0 saturated carbocycles. The highest BCUT2D eigenvalue weighted by Gasteiger charge is 2.21. The van der Waals surface area contributed by atoms with E-state index in [2.05, 4.69) is 26.0 Å². The molecular formula is C12H17BO2. The van der Waals surface area contributed by atoms with Crippen molar-refractivity contribution < 1.29 is 9.31 Å². The summed E-state index contributed by atoms with van der Waals surface area (Å²) in [6.07, 6.45) is 4.42. The molecule has 1 aliphatic rings. The molecule has 2 nitrogen and oxygen atoms in total. The summed E-state index contributed by atoms with van der Waals surface area (Å²) in [4.78, 5) is 0. The molecule has 0 aromatic heterocycles. The van der Waals surface area contributed by atoms with Crippen LogP contribution in [-0.2, 0) is 12.8 Å². The van der Waals surface area contributed by atoms with Gasteiger partial charge in [0.05, 0.1) is 0 Å². The van der Waals surface area contributed by atoms with Crippen molar-refractivity contribution in [2.45, 2.75) is 39.5 Å². The van der Waals surface area contributed by atoms with Crippen molar-refractivity contribution in [1.82, 2.24) is 0 Å². The van der Waals surface area contributed by atoms with E-state index in [1.807, 2.05) is 0 Å². The second-order valence-electron chi connectivity index (χ2n) is 3.95. The maximum absolute atomic E-state index is 5.55. The highest BCUT2D eigenvalue weighted by atomic mass is 16.6. The van der Waals surface area contributed by atoms with Crippen molar-refractivity contribution in [3.05, 3.63) is 23.3 Å². The van der Waals surface area contributed by atoms with Gasteiger partial charge in [-0.15, -0.1) is 0 Å². The minimum absolute atomic E-state index is 0.382. The summed E-state index contributed by atoms with van der Waals surface area (Å²) in [6, 6.07) is 4.37. The Morgan fingerprint density at radius 1 is 0.933 bits per heavy atom. The molecular weight excluding hydrogens is 187 g/mol. The highest BCUT2D eigenvalue weighted by Crippen LogP contribution is 2.39. The number of fused-ring (bicyclic) bond motifs is 1. The third kappa shape index (κ3) is 1.96. The fraction of sp³-hybridized carbons (Fsp3) is 0.500. The van der Waals surface area contributed by atoms with E-state index in [9.17, 15) is 0 Å². The molecule has 80 valence electrons. The standard InChI is InChI=1S/C12H17BO2/c1-3-5-9-7-8-10(6-4-2)12-11(9)14-13-15-12/h7-8,13H,3-6H2,1-2H3. The normalized spacial score (nSPS) is 12.7. The third-order valence-corrected chi connectivity index (χ3v) is 2.72. The number of hydrogen-bond acceptors (Lipinski definition) is 2. The SMILES string of the molecule is CCCc1ccc(CCC)c2c1OBO2. The lowest BCUT2D eigenvalue weighted by Crippen LogP contribution is -2.01. The molecule has 1 aromatic rings. The summed E-state index contributed by atoms with van der Waals surface area (Å²) in [5.74, 6) is 1.98. The Kier molecular flexibility index (Phi) is 3.19. The number of rotatable bonds is 4. The van der Waals surface area contributed by atoms with Crippen molar-refractivity contribution in [3.8, 4) is 11.5 Å². The van der Waals surface area contributed by atoms with Crippen LogP contribution in [0.1, 0.15) is 37.8 Å². The Hall–Kier alpha value is -1.12. The zero-order valence-electron chi connectivity index (χ0n) is 9.51. The van der Waals surface area contributed by atoms with Gasteiger partial charge in [0, 0.05) is 0 Å². The highest BCUT2D eigenvalue weighted by molar-refractivity contribution is 6.23. The van der Waals surface area contributed by atoms with Gasteiger partial charge in [-0.1, -0.05) is 38.8 Å². The molecule has 0 bridgehead atoms. The van der Waals surface area contributed by atoms with Crippen LogP contribution in [0.25, 0.3) is 0 Å². The van der Waals surface area contributed by atoms with Gasteiger partial charge in [0.25, 0.3) is 0 Å². The number of aryl methyl sites for hydroxylation is 2. The van der Waals surface area contributed by atoms with Gasteiger partial charge in [-0.25, -0.2) is 0 Å². The van der Waals surface area contributed by atoms with Gasteiger partial charge >= 0.3 is 7.69 Å². The molecule has 0 radical (unpaired) electrons. The van der Waals surface area contributed by atoms with E-state index in [0.717, 1.165) is 37.2 Å². The molecule has 0 fully saturated rings. The molecule has 0 aliphatic carbocycles. The maximum Gasteiger partial charge on any atom is 0.576 e. The van der Waals surface area contributed by atoms with Crippen LogP contribution in [0.4, 0.5) is 0 Å². The van der Waals surface area contributed by atoms with E-state index in [-0.39, 0.29) is 0 Å². The molecule has 2 rings (SSSR count). The van der Waals surface area contributed by atoms with Gasteiger partial charge in [0.2, 0.25) is 0 Å². The average Bonchev–Trinajstić information content (AvgIpc) is 2.71. The summed E-state index contributed by atoms with van der Waals surface area (Å²) in [7, 11) is 0.382. The monoisotopic (exact) mass is 204 g/mol. The van der Waals surface area contributed by atoms with Crippen molar-refractivity contribution >= 4 is 7.69 Å². The quantitative estimate of drug-likeness (QED) is 0.702. The average molecular weight is 204 g/mol. The Balaban J connectivity index is 2.35. The lowest BCUT2D eigenvalue weighted by molar-refractivity contribution is 0.536. The van der Waals surface area contributed by atoms with Crippen LogP contribution in [0.5, 0.6) is 11.5 Å². The largest absolute Gasteiger partial charge is 0.576 e. The van der Waals surface area contributed by atoms with E-state index < -0.39 is 0 Å². The lowest BCUT2D eigenvalue weighted by atomic mass is 10.0. The van der Waals surface area contributed by atoms with Gasteiger partial charge in [-0.2, -0.15) is 0 Å². The summed E-state index contributed by atoms with van der Waals surface area (Å²) in [5, 5.41) is 0. The first-order valence-electron chi connectivity index (χ1n) is 5.77. The molecule has 0 saturated heterocycles. The van der Waals surface area contributed by atoms with Crippen LogP contribution < -0.4 is 9.31 Å². The molecule has 0 unspecified atom stereocenters. The van der Waals surface area contributed by atoms with Gasteiger partial charge < -0.3 is 9.31 Å². The number of benzene rings is 1. The first-order valence-corrected chi connectivity index (χ1v) is 5.77. The molecule has 0 atom stereocenters. The second kappa shape index (κ2) is 4.60. The van der Waals surface area contributed by atoms with Gasteiger partial charge in [0.1, 0.15) is 11.5 Å². The smallest absolute Gasteiger partial charge is 0.526 e. The molecule has 0 N–H and O–H groups in total. The van der Waals surface area contributed by atoms with Crippen LogP contribution in [0.3, 0.4) is 0 Å². The molecule has 0 amide bonds. The fourth-order valence-electron chi connectivity index (χ4n) is 2.04. The van der Waals surface area contributed by atoms with Crippen LogP contribution >= 0.6 is 0 Å². The Morgan fingerprint density at radius 2 is 1.40 bits per heavy atom. The Bertz CT molecular complexity index is 317. The second-order valence-corrected chi connectivity index (χ2v) is 3.95. The van der Waals surface area contributed by atoms with Crippen molar-refractivity contribution in [2.75, 3.05) is 0 Å². The lowest BCUT2D eigenvalue weighted by Gasteiger charge is -2.09. The summed E-state index contributed by atoms with van der Waals surface area (Å²) >= 11 is 0. The zero-order valence-corrected chi connectivity index (χ0v) is 9.51. The minimum Gasteiger partial charge on any atom is -0.526 e. The van der Waals surface area contributed by atoms with Crippen molar-refractivity contribution in [1.29, 1.82) is 0 Å². The van der Waals surface area contributed by atoms with Crippen LogP contribution in [0.2, 0.25) is 0 Å². The first-order chi connectivity index (χ1) is 7.36. The number of hydrogen-bond donors (Lipinski definition) is 0. The molecule has 3 heteroatoms.